The first-order valence-electron chi connectivity index (χ1n) is 5.75. The maximum atomic E-state index is 5.88. The first kappa shape index (κ1) is 13.3. The fourth-order valence-corrected chi connectivity index (χ4v) is 3.24. The van der Waals surface area contributed by atoms with Gasteiger partial charge in [0.1, 0.15) is 0 Å². The molecule has 2 nitrogen and oxygen atoms in total. The molecule has 1 atom stereocenters. The van der Waals surface area contributed by atoms with Crippen molar-refractivity contribution in [2.45, 2.75) is 53.4 Å². The standard InChI is InChI=1S/C9H13O2.3CH3.Sn/c1-4-8-7-10-9(5-2,6-3)11-8;;;;/h8H,5-7H2,2-3H3;3*1H3;/t8-;;;;/m0..../s1. The normalized spacial score (nSPS) is 24.7. The number of hydrogen-bond acceptors (Lipinski definition) is 2. The topological polar surface area (TPSA) is 18.5 Å². The van der Waals surface area contributed by atoms with Crippen molar-refractivity contribution in [2.75, 3.05) is 6.61 Å². The van der Waals surface area contributed by atoms with Gasteiger partial charge in [-0.3, -0.25) is 0 Å². The minimum absolute atomic E-state index is 0.000764. The summed E-state index contributed by atoms with van der Waals surface area (Å²) in [5.74, 6) is 2.89. The van der Waals surface area contributed by atoms with E-state index >= 15 is 0 Å². The molecule has 0 aromatic rings. The van der Waals surface area contributed by atoms with E-state index in [4.69, 9.17) is 9.47 Å². The van der Waals surface area contributed by atoms with Crippen LogP contribution in [0.2, 0.25) is 14.8 Å². The Hall–Kier alpha value is 0.279. The Balaban J connectivity index is 2.59. The van der Waals surface area contributed by atoms with Crippen LogP contribution in [-0.2, 0) is 9.47 Å². The van der Waals surface area contributed by atoms with E-state index in [1.54, 1.807) is 0 Å². The summed E-state index contributed by atoms with van der Waals surface area (Å²) in [6.07, 6.45) is 1.81. The van der Waals surface area contributed by atoms with Gasteiger partial charge >= 0.3 is 97.7 Å². The first-order valence-corrected chi connectivity index (χ1v) is 15.7. The van der Waals surface area contributed by atoms with Crippen LogP contribution >= 0.6 is 0 Å². The van der Waals surface area contributed by atoms with Crippen LogP contribution in [0.4, 0.5) is 0 Å². The van der Waals surface area contributed by atoms with Crippen LogP contribution in [-0.4, -0.2) is 36.9 Å². The Bertz CT molecular complexity index is 266. The van der Waals surface area contributed by atoms with E-state index in [0.29, 0.717) is 6.61 Å². The molecule has 0 unspecified atom stereocenters. The molecule has 0 bridgehead atoms. The third kappa shape index (κ3) is 3.97. The summed E-state index contributed by atoms with van der Waals surface area (Å²) in [5.41, 5.74) is 0. The van der Waals surface area contributed by atoms with Crippen molar-refractivity contribution in [3.63, 3.8) is 0 Å². The van der Waals surface area contributed by atoms with Gasteiger partial charge in [0.15, 0.2) is 0 Å². The molecule has 0 amide bonds. The summed E-state index contributed by atoms with van der Waals surface area (Å²) in [6.45, 7) is 4.83. The Morgan fingerprint density at radius 1 is 1.27 bits per heavy atom. The van der Waals surface area contributed by atoms with Gasteiger partial charge in [0, 0.05) is 0 Å². The van der Waals surface area contributed by atoms with Crippen LogP contribution in [0.5, 0.6) is 0 Å². The number of ether oxygens (including phenoxy) is 2. The second-order valence-corrected chi connectivity index (χ2v) is 18.6. The molecule has 1 fully saturated rings. The van der Waals surface area contributed by atoms with Gasteiger partial charge in [-0.1, -0.05) is 0 Å². The predicted octanol–water partition coefficient (Wildman–Crippen LogP) is 2.80. The van der Waals surface area contributed by atoms with Gasteiger partial charge in [-0.25, -0.2) is 0 Å². The van der Waals surface area contributed by atoms with E-state index < -0.39 is 18.4 Å². The van der Waals surface area contributed by atoms with E-state index in [-0.39, 0.29) is 11.9 Å². The zero-order valence-corrected chi connectivity index (χ0v) is 13.4. The average molecular weight is 317 g/mol. The Morgan fingerprint density at radius 3 is 2.27 bits per heavy atom. The van der Waals surface area contributed by atoms with Crippen LogP contribution in [0.15, 0.2) is 0 Å². The molecule has 0 N–H and O–H groups in total. The fourth-order valence-electron chi connectivity index (χ4n) is 1.54. The summed E-state index contributed by atoms with van der Waals surface area (Å²) in [5, 5.41) is 0. The van der Waals surface area contributed by atoms with Gasteiger partial charge in [0.05, 0.1) is 0 Å². The average Bonchev–Trinajstić information content (AvgIpc) is 2.58. The molecule has 1 aliphatic heterocycles. The molecular weight excluding hydrogens is 295 g/mol. The van der Waals surface area contributed by atoms with Crippen molar-refractivity contribution in [1.29, 1.82) is 0 Å². The van der Waals surface area contributed by atoms with E-state index in [1.165, 1.54) is 0 Å². The van der Waals surface area contributed by atoms with Crippen LogP contribution < -0.4 is 0 Å². The number of rotatable bonds is 2. The van der Waals surface area contributed by atoms with Gasteiger partial charge in [0.25, 0.3) is 0 Å². The molecule has 86 valence electrons. The second-order valence-electron chi connectivity index (χ2n) is 5.05. The van der Waals surface area contributed by atoms with Crippen LogP contribution in [0.1, 0.15) is 26.7 Å². The summed E-state index contributed by atoms with van der Waals surface area (Å²) in [4.78, 5) is 6.93. The van der Waals surface area contributed by atoms with Crippen molar-refractivity contribution >= 4 is 18.4 Å². The molecule has 0 aliphatic carbocycles. The monoisotopic (exact) mass is 318 g/mol. The SMILES string of the molecule is CCC1(CC)OC[C@H](C#[C][Sn]([CH3])([CH3])[CH3])O1. The Labute approximate surface area is 97.6 Å². The van der Waals surface area contributed by atoms with Gasteiger partial charge in [-0.15, -0.1) is 0 Å². The third-order valence-electron chi connectivity index (χ3n) is 2.54. The predicted molar refractivity (Wildman–Crippen MR) is 65.3 cm³/mol. The summed E-state index contributed by atoms with van der Waals surface area (Å²) >= 11 is -1.97. The maximum absolute atomic E-state index is 5.88. The molecule has 0 radical (unpaired) electrons. The van der Waals surface area contributed by atoms with Gasteiger partial charge in [0.2, 0.25) is 0 Å². The molecule has 0 saturated carbocycles. The van der Waals surface area contributed by atoms with E-state index in [0.717, 1.165) is 12.8 Å². The zero-order chi connectivity index (χ0) is 11.5. The van der Waals surface area contributed by atoms with Crippen molar-refractivity contribution in [3.05, 3.63) is 0 Å². The molecule has 3 heteroatoms. The summed E-state index contributed by atoms with van der Waals surface area (Å²) in [7, 11) is 0. The molecule has 1 rings (SSSR count). The van der Waals surface area contributed by atoms with Crippen molar-refractivity contribution < 1.29 is 9.47 Å². The number of hydrogen-bond donors (Lipinski definition) is 0. The second kappa shape index (κ2) is 5.07. The van der Waals surface area contributed by atoms with Crippen LogP contribution in [0, 0.1) is 9.86 Å². The zero-order valence-electron chi connectivity index (χ0n) is 10.5. The van der Waals surface area contributed by atoms with Crippen molar-refractivity contribution in [3.8, 4) is 9.86 Å². The van der Waals surface area contributed by atoms with Crippen LogP contribution in [0.3, 0.4) is 0 Å². The molecule has 0 spiro atoms. The van der Waals surface area contributed by atoms with Crippen LogP contribution in [0.25, 0.3) is 0 Å². The van der Waals surface area contributed by atoms with Crippen molar-refractivity contribution in [2.24, 2.45) is 0 Å². The quantitative estimate of drug-likeness (QED) is 0.576. The third-order valence-corrected chi connectivity index (χ3v) is 5.09. The molecule has 1 heterocycles. The molecule has 1 aliphatic rings. The van der Waals surface area contributed by atoms with E-state index in [9.17, 15) is 0 Å². The van der Waals surface area contributed by atoms with E-state index in [2.05, 4.69) is 38.5 Å². The minimum atomic E-state index is -1.97. The molecule has 0 aromatic heterocycles. The Kier molecular flexibility index (Phi) is 4.51. The molecule has 0 aromatic carbocycles. The summed E-state index contributed by atoms with van der Waals surface area (Å²) in [6, 6.07) is 0. The molecule has 1 saturated heterocycles. The van der Waals surface area contributed by atoms with Gasteiger partial charge < -0.3 is 0 Å². The van der Waals surface area contributed by atoms with Gasteiger partial charge in [-0.05, 0) is 0 Å². The summed E-state index contributed by atoms with van der Waals surface area (Å²) < 4.78 is 15.0. The van der Waals surface area contributed by atoms with Crippen molar-refractivity contribution in [1.82, 2.24) is 0 Å². The first-order chi connectivity index (χ1) is 6.91. The molecule has 15 heavy (non-hydrogen) atoms. The van der Waals surface area contributed by atoms with E-state index in [1.807, 2.05) is 0 Å². The fraction of sp³-hybridized carbons (Fsp3) is 0.833. The Morgan fingerprint density at radius 2 is 1.87 bits per heavy atom. The molecular formula is C12H22O2Sn. The van der Waals surface area contributed by atoms with Gasteiger partial charge in [-0.2, -0.15) is 0 Å².